The van der Waals surface area contributed by atoms with Crippen LogP contribution in [0.25, 0.3) is 10.8 Å². The van der Waals surface area contributed by atoms with Gasteiger partial charge < -0.3 is 29.2 Å². The first kappa shape index (κ1) is 24.8. The van der Waals surface area contributed by atoms with Crippen LogP contribution in [0.15, 0.2) is 66.9 Å². The van der Waals surface area contributed by atoms with E-state index in [9.17, 15) is 10.2 Å². The topological polar surface area (TPSA) is 93.5 Å². The largest absolute Gasteiger partial charge is 0.504 e. The molecule has 210 valence electrons. The van der Waals surface area contributed by atoms with Gasteiger partial charge in [-0.2, -0.15) is 0 Å². The van der Waals surface area contributed by atoms with Gasteiger partial charge in [-0.25, -0.2) is 0 Å². The number of methoxy groups -OCH3 is 1. The summed E-state index contributed by atoms with van der Waals surface area (Å²) in [4.78, 5) is 6.99. The smallest absolute Gasteiger partial charge is 0.216 e. The van der Waals surface area contributed by atoms with Crippen molar-refractivity contribution >= 4 is 10.8 Å². The second kappa shape index (κ2) is 9.29. The standard InChI is InChI=1S/C34H28N2O6/c1-36-12-10-22-30-25(36)14-18-3-6-21(7-4-18)40-27-15-19(5-8-26(27)37)13-24-23-17-29-28(16-20(23)9-11-35-24)42-34(32(30)41-29)33(39-2)31(22)38/h3-9,11,15-17,25,37-38H,10,12-14H2,1-2H3/t25-/m0/s1. The molecule has 0 spiro atoms. The highest BCUT2D eigenvalue weighted by Crippen LogP contribution is 2.59. The van der Waals surface area contributed by atoms with Gasteiger partial charge in [0.05, 0.1) is 12.8 Å². The molecule has 0 fully saturated rings. The predicted molar refractivity (Wildman–Crippen MR) is 157 cm³/mol. The molecule has 9 rings (SSSR count). The van der Waals surface area contributed by atoms with Crippen molar-refractivity contribution in [1.82, 2.24) is 9.88 Å². The summed E-state index contributed by atoms with van der Waals surface area (Å²) in [5.41, 5.74) is 4.60. The maximum Gasteiger partial charge on any atom is 0.216 e. The van der Waals surface area contributed by atoms with Crippen LogP contribution in [0.2, 0.25) is 0 Å². The van der Waals surface area contributed by atoms with E-state index < -0.39 is 0 Å². The van der Waals surface area contributed by atoms with Crippen LogP contribution in [-0.4, -0.2) is 40.8 Å². The first-order valence-electron chi connectivity index (χ1n) is 14.0. The lowest BCUT2D eigenvalue weighted by Crippen LogP contribution is -2.34. The summed E-state index contributed by atoms with van der Waals surface area (Å²) in [7, 11) is 3.62. The summed E-state index contributed by atoms with van der Waals surface area (Å²) in [5, 5.41) is 23.8. The van der Waals surface area contributed by atoms with Gasteiger partial charge in [-0.15, -0.1) is 0 Å². The highest BCUT2D eigenvalue weighted by atomic mass is 16.6. The molecular formula is C34H28N2O6. The minimum absolute atomic E-state index is 0.0711. The van der Waals surface area contributed by atoms with Crippen LogP contribution in [0.1, 0.15) is 34.0 Å². The van der Waals surface area contributed by atoms with E-state index >= 15 is 0 Å². The number of nitrogens with zero attached hydrogens (tertiary/aromatic N) is 2. The van der Waals surface area contributed by atoms with E-state index in [1.54, 1.807) is 12.3 Å². The van der Waals surface area contributed by atoms with Crippen molar-refractivity contribution in [3.05, 3.63) is 94.8 Å². The summed E-state index contributed by atoms with van der Waals surface area (Å²) in [5.74, 6) is 3.52. The van der Waals surface area contributed by atoms with Crippen molar-refractivity contribution < 1.29 is 29.2 Å². The fraction of sp³-hybridized carbons (Fsp3) is 0.206. The lowest BCUT2D eigenvalue weighted by atomic mass is 9.86. The van der Waals surface area contributed by atoms with Crippen LogP contribution < -0.4 is 18.9 Å². The molecule has 1 atom stereocenters. The lowest BCUT2D eigenvalue weighted by Gasteiger charge is -2.38. The van der Waals surface area contributed by atoms with Gasteiger partial charge >= 0.3 is 0 Å². The number of phenolic OH excluding ortho intramolecular Hbond substituents is 2. The van der Waals surface area contributed by atoms with Gasteiger partial charge in [-0.3, -0.25) is 9.88 Å². The van der Waals surface area contributed by atoms with Crippen LogP contribution in [0.5, 0.6) is 51.7 Å². The molecule has 4 aliphatic heterocycles. The average molecular weight is 561 g/mol. The van der Waals surface area contributed by atoms with Crippen LogP contribution in [0.3, 0.4) is 0 Å². The van der Waals surface area contributed by atoms with Gasteiger partial charge in [0.25, 0.3) is 0 Å². The van der Waals surface area contributed by atoms with Crippen molar-refractivity contribution in [2.45, 2.75) is 25.3 Å². The number of likely N-dealkylation sites (N-methyl/N-ethyl adjacent to an activating group) is 1. The van der Waals surface area contributed by atoms with E-state index in [0.29, 0.717) is 53.8 Å². The number of hydrogen-bond acceptors (Lipinski definition) is 8. The molecule has 7 bridgehead atoms. The van der Waals surface area contributed by atoms with Crippen molar-refractivity contribution in [2.75, 3.05) is 20.7 Å². The lowest BCUT2D eigenvalue weighted by molar-refractivity contribution is 0.216. The molecule has 0 unspecified atom stereocenters. The van der Waals surface area contributed by atoms with Crippen molar-refractivity contribution in [3.8, 4) is 51.7 Å². The Morgan fingerprint density at radius 1 is 0.881 bits per heavy atom. The first-order chi connectivity index (χ1) is 20.5. The summed E-state index contributed by atoms with van der Waals surface area (Å²) in [6, 6.07) is 19.0. The van der Waals surface area contributed by atoms with Crippen LogP contribution in [-0.2, 0) is 19.3 Å². The second-order valence-electron chi connectivity index (χ2n) is 11.1. The molecule has 2 N–H and O–H groups in total. The van der Waals surface area contributed by atoms with Crippen LogP contribution in [0.4, 0.5) is 0 Å². The van der Waals surface area contributed by atoms with E-state index in [1.807, 2.05) is 54.6 Å². The number of aromatic nitrogens is 1. The molecule has 8 heteroatoms. The van der Waals surface area contributed by atoms with E-state index in [2.05, 4.69) is 11.9 Å². The summed E-state index contributed by atoms with van der Waals surface area (Å²) < 4.78 is 25.0. The van der Waals surface area contributed by atoms with Crippen LogP contribution >= 0.6 is 0 Å². The number of pyridine rings is 1. The highest BCUT2D eigenvalue weighted by Gasteiger charge is 2.38. The summed E-state index contributed by atoms with van der Waals surface area (Å²) in [6.07, 6.45) is 3.61. The summed E-state index contributed by atoms with van der Waals surface area (Å²) >= 11 is 0. The van der Waals surface area contributed by atoms with Gasteiger partial charge in [0.1, 0.15) is 5.75 Å². The number of phenols is 2. The van der Waals surface area contributed by atoms with Gasteiger partial charge in [-0.05, 0) is 78.9 Å². The molecular weight excluding hydrogens is 532 g/mol. The Balaban J connectivity index is 1.38. The molecule has 0 saturated carbocycles. The minimum Gasteiger partial charge on any atom is -0.504 e. The Kier molecular flexibility index (Phi) is 5.49. The Bertz CT molecular complexity index is 1900. The van der Waals surface area contributed by atoms with Gasteiger partial charge in [0.15, 0.2) is 34.5 Å². The van der Waals surface area contributed by atoms with E-state index in [4.69, 9.17) is 23.9 Å². The molecule has 1 aromatic heterocycles. The van der Waals surface area contributed by atoms with Gasteiger partial charge in [0, 0.05) is 41.7 Å². The van der Waals surface area contributed by atoms with Crippen molar-refractivity contribution in [1.29, 1.82) is 0 Å². The van der Waals surface area contributed by atoms with Crippen molar-refractivity contribution in [3.63, 3.8) is 0 Å². The maximum absolute atomic E-state index is 11.4. The number of aromatic hydroxyl groups is 2. The Morgan fingerprint density at radius 3 is 2.50 bits per heavy atom. The molecule has 5 heterocycles. The zero-order chi connectivity index (χ0) is 28.5. The number of benzene rings is 4. The molecule has 4 aliphatic rings. The fourth-order valence-electron chi connectivity index (χ4n) is 6.39. The third kappa shape index (κ3) is 3.83. The molecule has 0 radical (unpaired) electrons. The zero-order valence-corrected chi connectivity index (χ0v) is 23.2. The quantitative estimate of drug-likeness (QED) is 0.222. The third-order valence-corrected chi connectivity index (χ3v) is 8.58. The monoisotopic (exact) mass is 560 g/mol. The van der Waals surface area contributed by atoms with E-state index in [-0.39, 0.29) is 23.3 Å². The SMILES string of the molecule is COc1c(O)c2c3c4c1Oc1cc5ccnc(c5cc1O4)Cc1ccc(O)c(c1)Oc1ccc(cc1)C[C@@H]3N(C)CC2. The van der Waals surface area contributed by atoms with Gasteiger partial charge in [-0.1, -0.05) is 18.2 Å². The number of rotatable bonds is 1. The number of hydrogen-bond donors (Lipinski definition) is 2. The summed E-state index contributed by atoms with van der Waals surface area (Å²) in [6.45, 7) is 0.765. The molecule has 0 amide bonds. The fourth-order valence-corrected chi connectivity index (χ4v) is 6.39. The predicted octanol–water partition coefficient (Wildman–Crippen LogP) is 7.02. The molecule has 5 aromatic rings. The Hall–Kier alpha value is -4.95. The average Bonchev–Trinajstić information content (AvgIpc) is 2.99. The number of fused-ring (bicyclic) bond motifs is 2. The Labute approximate surface area is 242 Å². The highest BCUT2D eigenvalue weighted by molar-refractivity contribution is 5.89. The van der Waals surface area contributed by atoms with Crippen molar-refractivity contribution in [2.24, 2.45) is 0 Å². The maximum atomic E-state index is 11.4. The second-order valence-corrected chi connectivity index (χ2v) is 11.1. The molecule has 0 aliphatic carbocycles. The van der Waals surface area contributed by atoms with Gasteiger partial charge in [0.2, 0.25) is 11.5 Å². The first-order valence-corrected chi connectivity index (χ1v) is 14.0. The minimum atomic E-state index is -0.0893. The normalized spacial score (nSPS) is 16.9. The van der Waals surface area contributed by atoms with E-state index in [0.717, 1.165) is 45.3 Å². The van der Waals surface area contributed by atoms with E-state index in [1.165, 1.54) is 7.11 Å². The molecule has 4 aromatic carbocycles. The Morgan fingerprint density at radius 2 is 1.67 bits per heavy atom. The zero-order valence-electron chi connectivity index (χ0n) is 23.2. The third-order valence-electron chi connectivity index (χ3n) is 8.58. The molecule has 42 heavy (non-hydrogen) atoms. The van der Waals surface area contributed by atoms with Crippen LogP contribution in [0, 0.1) is 0 Å². The number of ether oxygens (including phenoxy) is 4. The molecule has 0 saturated heterocycles. The molecule has 8 nitrogen and oxygen atoms in total.